The Kier molecular flexibility index (Phi) is 10.5. The standard InChI is InChI=1S/C33H43BrN10O3S/c1-5-22-19-27(29(47-3)20-28(22)44-13-9-23(10-14-44)43-17-15-42(6-2)16-18-43)39-33-37-21-24(34)32(40-33)38-26-8-7-25-30(36-12-11-35-25)31(26)41-48(4,45)46/h7-8,11-12,19-21,23,41H,5-6,9-10,13-18H2,1-4H3,(H2,37,38,39,40). The number of hydrogen-bond acceptors (Lipinski definition) is 12. The lowest BCUT2D eigenvalue weighted by molar-refractivity contribution is 0.0878. The van der Waals surface area contributed by atoms with E-state index in [1.54, 1.807) is 31.6 Å². The van der Waals surface area contributed by atoms with Crippen LogP contribution in [0, 0.1) is 0 Å². The van der Waals surface area contributed by atoms with Crippen LogP contribution >= 0.6 is 15.9 Å². The molecule has 2 aromatic carbocycles. The van der Waals surface area contributed by atoms with Crippen molar-refractivity contribution in [2.45, 2.75) is 39.2 Å². The lowest BCUT2D eigenvalue weighted by atomic mass is 9.99. The maximum absolute atomic E-state index is 12.3. The molecule has 6 rings (SSSR count). The summed E-state index contributed by atoms with van der Waals surface area (Å²) < 4.78 is 33.6. The average molecular weight is 740 g/mol. The van der Waals surface area contributed by atoms with Crippen LogP contribution in [-0.2, 0) is 16.4 Å². The van der Waals surface area contributed by atoms with E-state index in [0.29, 0.717) is 44.8 Å². The number of piperazine rings is 1. The number of piperidine rings is 1. The van der Waals surface area contributed by atoms with E-state index in [0.717, 1.165) is 63.9 Å². The van der Waals surface area contributed by atoms with E-state index in [9.17, 15) is 8.42 Å². The van der Waals surface area contributed by atoms with Gasteiger partial charge in [0.05, 0.1) is 40.4 Å². The molecular formula is C33H43BrN10O3S. The average Bonchev–Trinajstić information content (AvgIpc) is 3.10. The van der Waals surface area contributed by atoms with E-state index < -0.39 is 10.0 Å². The summed E-state index contributed by atoms with van der Waals surface area (Å²) in [5.41, 5.74) is 4.88. The quantitative estimate of drug-likeness (QED) is 0.186. The fraction of sp³-hybridized carbons (Fsp3) is 0.455. The SMILES string of the molecule is CCc1cc(Nc2ncc(Br)c(Nc3ccc4nccnc4c3NS(C)(=O)=O)n2)c(OC)cc1N1CCC(N2CCN(CC)CC2)CC1. The van der Waals surface area contributed by atoms with Crippen LogP contribution in [0.25, 0.3) is 11.0 Å². The number of fused-ring (bicyclic) bond motifs is 1. The molecule has 2 aromatic heterocycles. The van der Waals surface area contributed by atoms with Crippen LogP contribution in [0.3, 0.4) is 0 Å². The third kappa shape index (κ3) is 7.74. The van der Waals surface area contributed by atoms with Crippen LogP contribution in [0.15, 0.2) is 47.3 Å². The summed E-state index contributed by atoms with van der Waals surface area (Å²) in [6.07, 6.45) is 8.98. The zero-order valence-corrected chi connectivity index (χ0v) is 30.2. The highest BCUT2D eigenvalue weighted by molar-refractivity contribution is 9.10. The number of anilines is 6. The summed E-state index contributed by atoms with van der Waals surface area (Å²) in [6.45, 7) is 12.3. The fourth-order valence-electron chi connectivity index (χ4n) is 6.57. The molecule has 4 aromatic rings. The number of aromatic nitrogens is 4. The van der Waals surface area contributed by atoms with Gasteiger partial charge in [-0.1, -0.05) is 13.8 Å². The molecule has 0 spiro atoms. The normalized spacial score (nSPS) is 16.6. The van der Waals surface area contributed by atoms with Crippen molar-refractivity contribution in [3.8, 4) is 5.75 Å². The van der Waals surface area contributed by atoms with Gasteiger partial charge in [0.15, 0.2) is 0 Å². The van der Waals surface area contributed by atoms with E-state index >= 15 is 0 Å². The summed E-state index contributed by atoms with van der Waals surface area (Å²) in [5, 5.41) is 6.59. The molecule has 0 saturated carbocycles. The summed E-state index contributed by atoms with van der Waals surface area (Å²) in [7, 11) is -1.94. The van der Waals surface area contributed by atoms with Gasteiger partial charge < -0.3 is 25.2 Å². The predicted molar refractivity (Wildman–Crippen MR) is 196 cm³/mol. The van der Waals surface area contributed by atoms with Gasteiger partial charge in [0.2, 0.25) is 16.0 Å². The Hall–Kier alpha value is -3.79. The number of rotatable bonds is 11. The second-order valence-electron chi connectivity index (χ2n) is 12.1. The molecule has 48 heavy (non-hydrogen) atoms. The van der Waals surface area contributed by atoms with Crippen molar-refractivity contribution in [3.63, 3.8) is 0 Å². The van der Waals surface area contributed by atoms with Crippen molar-refractivity contribution in [3.05, 3.63) is 52.9 Å². The Morgan fingerprint density at radius 2 is 1.71 bits per heavy atom. The Labute approximate surface area is 290 Å². The lowest BCUT2D eigenvalue weighted by Crippen LogP contribution is -2.53. The Morgan fingerprint density at radius 3 is 2.40 bits per heavy atom. The van der Waals surface area contributed by atoms with Crippen LogP contribution in [0.4, 0.5) is 34.5 Å². The van der Waals surface area contributed by atoms with Gasteiger partial charge in [0.1, 0.15) is 17.1 Å². The third-order valence-corrected chi connectivity index (χ3v) is 10.3. The number of likely N-dealkylation sites (N-methyl/N-ethyl adjacent to an activating group) is 1. The van der Waals surface area contributed by atoms with Gasteiger partial charge in [0.25, 0.3) is 0 Å². The van der Waals surface area contributed by atoms with Crippen molar-refractivity contribution in [2.75, 3.05) is 79.4 Å². The molecule has 2 aliphatic heterocycles. The van der Waals surface area contributed by atoms with E-state index in [-0.39, 0.29) is 5.69 Å². The molecule has 0 unspecified atom stereocenters. The summed E-state index contributed by atoms with van der Waals surface area (Å²) in [4.78, 5) is 25.6. The first-order valence-corrected chi connectivity index (χ1v) is 19.0. The Morgan fingerprint density at radius 1 is 0.958 bits per heavy atom. The number of methoxy groups -OCH3 is 1. The van der Waals surface area contributed by atoms with Crippen LogP contribution < -0.4 is 25.0 Å². The van der Waals surface area contributed by atoms with Crippen molar-refractivity contribution >= 4 is 71.5 Å². The van der Waals surface area contributed by atoms with Gasteiger partial charge in [0, 0.05) is 75.7 Å². The molecule has 13 nitrogen and oxygen atoms in total. The molecule has 2 saturated heterocycles. The second-order valence-corrected chi connectivity index (χ2v) is 14.8. The molecule has 0 radical (unpaired) electrons. The van der Waals surface area contributed by atoms with Gasteiger partial charge in [-0.15, -0.1) is 0 Å². The molecule has 0 atom stereocenters. The molecule has 256 valence electrons. The first kappa shape index (κ1) is 34.1. The van der Waals surface area contributed by atoms with Crippen molar-refractivity contribution in [1.29, 1.82) is 0 Å². The zero-order valence-electron chi connectivity index (χ0n) is 27.8. The van der Waals surface area contributed by atoms with Crippen molar-refractivity contribution in [1.82, 2.24) is 29.7 Å². The number of ether oxygens (including phenoxy) is 1. The molecule has 2 aliphatic rings. The topological polar surface area (TPSA) is 141 Å². The largest absolute Gasteiger partial charge is 0.494 e. The minimum Gasteiger partial charge on any atom is -0.494 e. The number of sulfonamides is 1. The number of aryl methyl sites for hydroxylation is 1. The second kappa shape index (κ2) is 14.8. The molecule has 0 amide bonds. The third-order valence-electron chi connectivity index (χ3n) is 9.13. The summed E-state index contributed by atoms with van der Waals surface area (Å²) in [6, 6.07) is 8.39. The minimum atomic E-state index is -3.62. The molecule has 2 fully saturated rings. The first-order chi connectivity index (χ1) is 23.1. The maximum Gasteiger partial charge on any atom is 0.229 e. The van der Waals surface area contributed by atoms with Gasteiger partial charge >= 0.3 is 0 Å². The van der Waals surface area contributed by atoms with E-state index in [2.05, 4.69) is 86.9 Å². The van der Waals surface area contributed by atoms with E-state index in [4.69, 9.17) is 9.72 Å². The summed E-state index contributed by atoms with van der Waals surface area (Å²) in [5.74, 6) is 1.47. The van der Waals surface area contributed by atoms with Crippen LogP contribution in [0.5, 0.6) is 5.75 Å². The number of hydrogen-bond donors (Lipinski definition) is 3. The molecule has 4 heterocycles. The van der Waals surface area contributed by atoms with Crippen LogP contribution in [-0.4, -0.2) is 103 Å². The molecule has 15 heteroatoms. The molecular weight excluding hydrogens is 696 g/mol. The van der Waals surface area contributed by atoms with Crippen LogP contribution in [0.1, 0.15) is 32.3 Å². The fourth-order valence-corrected chi connectivity index (χ4v) is 7.43. The smallest absolute Gasteiger partial charge is 0.229 e. The monoisotopic (exact) mass is 738 g/mol. The maximum atomic E-state index is 12.3. The number of nitrogens with one attached hydrogen (secondary N) is 3. The molecule has 3 N–H and O–H groups in total. The number of benzene rings is 2. The zero-order chi connectivity index (χ0) is 33.8. The Balaban J connectivity index is 1.21. The summed E-state index contributed by atoms with van der Waals surface area (Å²) >= 11 is 3.53. The van der Waals surface area contributed by atoms with Crippen LogP contribution in [0.2, 0.25) is 0 Å². The Bertz CT molecular complexity index is 1860. The highest BCUT2D eigenvalue weighted by Crippen LogP contribution is 2.38. The minimum absolute atomic E-state index is 0.274. The number of halogens is 1. The van der Waals surface area contributed by atoms with Gasteiger partial charge in [-0.3, -0.25) is 19.6 Å². The van der Waals surface area contributed by atoms with Crippen molar-refractivity contribution in [2.24, 2.45) is 0 Å². The van der Waals surface area contributed by atoms with E-state index in [1.165, 1.54) is 30.5 Å². The predicted octanol–water partition coefficient (Wildman–Crippen LogP) is 5.22. The van der Waals surface area contributed by atoms with Crippen molar-refractivity contribution < 1.29 is 13.2 Å². The lowest BCUT2D eigenvalue weighted by Gasteiger charge is -2.43. The highest BCUT2D eigenvalue weighted by atomic mass is 79.9. The number of nitrogens with zero attached hydrogens (tertiary/aromatic N) is 7. The highest BCUT2D eigenvalue weighted by Gasteiger charge is 2.28. The van der Waals surface area contributed by atoms with E-state index in [1.807, 2.05) is 0 Å². The molecule has 0 bridgehead atoms. The molecule has 0 aliphatic carbocycles. The first-order valence-electron chi connectivity index (χ1n) is 16.4. The van der Waals surface area contributed by atoms with Gasteiger partial charge in [-0.05, 0) is 65.5 Å². The van der Waals surface area contributed by atoms with Gasteiger partial charge in [-0.2, -0.15) is 4.98 Å². The van der Waals surface area contributed by atoms with Gasteiger partial charge in [-0.25, -0.2) is 13.4 Å².